The maximum atomic E-state index is 2.40. The van der Waals surface area contributed by atoms with E-state index in [1.165, 1.54) is 108 Å². The van der Waals surface area contributed by atoms with Crippen molar-refractivity contribution < 1.29 is 0 Å². The summed E-state index contributed by atoms with van der Waals surface area (Å²) in [7, 11) is 0. The molecule has 0 aromatic heterocycles. The number of benzene rings is 9. The molecule has 44 heavy (non-hydrogen) atoms. The van der Waals surface area contributed by atoms with Crippen molar-refractivity contribution in [2.75, 3.05) is 0 Å². The normalized spacial score (nSPS) is 12.5. The van der Waals surface area contributed by atoms with Gasteiger partial charge in [-0.05, 0) is 108 Å². The molecule has 0 atom stereocenters. The van der Waals surface area contributed by atoms with Gasteiger partial charge >= 0.3 is 0 Å². The maximum absolute atomic E-state index is 2.40. The predicted molar refractivity (Wildman–Crippen MR) is 192 cm³/mol. The lowest BCUT2D eigenvalue weighted by molar-refractivity contribution is 1.74. The van der Waals surface area contributed by atoms with E-state index in [0.29, 0.717) is 0 Å². The van der Waals surface area contributed by atoms with E-state index in [9.17, 15) is 0 Å². The molecule has 0 radical (unpaired) electrons. The Balaban J connectivity index is 1.39. The smallest absolute Gasteiger partial charge is 0.000719 e. The maximum Gasteiger partial charge on any atom is -0.000719 e. The van der Waals surface area contributed by atoms with Gasteiger partial charge in [0.15, 0.2) is 0 Å². The van der Waals surface area contributed by atoms with Gasteiger partial charge in [0.1, 0.15) is 0 Å². The number of fused-ring (bicyclic) bond motifs is 13. The average Bonchev–Trinajstić information content (AvgIpc) is 3.61. The molecule has 0 nitrogen and oxygen atoms in total. The van der Waals surface area contributed by atoms with Gasteiger partial charge in [0.2, 0.25) is 0 Å². The van der Waals surface area contributed by atoms with Crippen LogP contribution in [0.15, 0.2) is 146 Å². The van der Waals surface area contributed by atoms with Crippen molar-refractivity contribution in [3.63, 3.8) is 0 Å². The van der Waals surface area contributed by atoms with Gasteiger partial charge in [-0.15, -0.1) is 0 Å². The Morgan fingerprint density at radius 1 is 0.182 bits per heavy atom. The van der Waals surface area contributed by atoms with E-state index in [1.807, 2.05) is 0 Å². The average molecular weight is 553 g/mol. The van der Waals surface area contributed by atoms with Gasteiger partial charge in [-0.25, -0.2) is 0 Å². The van der Waals surface area contributed by atoms with E-state index in [-0.39, 0.29) is 0 Å². The Bertz CT molecular complexity index is 2970. The van der Waals surface area contributed by atoms with Crippen LogP contribution in [0.5, 0.6) is 0 Å². The monoisotopic (exact) mass is 552 g/mol. The van der Waals surface area contributed by atoms with Crippen molar-refractivity contribution in [1.82, 2.24) is 0 Å². The summed E-state index contributed by atoms with van der Waals surface area (Å²) in [5, 5.41) is 24.2. The third kappa shape index (κ3) is 2.66. The molecule has 0 heterocycles. The van der Waals surface area contributed by atoms with Gasteiger partial charge in [-0.2, -0.15) is 0 Å². The number of rotatable bonds is 1. The molecule has 0 heteroatoms. The first-order chi connectivity index (χ1) is 21.9. The topological polar surface area (TPSA) is 0 Å². The summed E-state index contributed by atoms with van der Waals surface area (Å²) in [6.07, 6.45) is 0. The number of hydrogen-bond donors (Lipinski definition) is 0. The lowest BCUT2D eigenvalue weighted by Crippen LogP contribution is -1.88. The minimum absolute atomic E-state index is 1.28. The Morgan fingerprint density at radius 3 is 1.39 bits per heavy atom. The summed E-state index contributed by atoms with van der Waals surface area (Å²) in [4.78, 5) is 0. The summed E-state index contributed by atoms with van der Waals surface area (Å²) in [5.41, 5.74) is 2.61. The SMILES string of the molecule is c1ccc2c(c1)ccc1c3cccc(-c4ccc5c6ccccc6c6c7cccc8c9ccccc9c(c4c56)c87)c3ccc21. The fourth-order valence-corrected chi connectivity index (χ4v) is 8.60. The third-order valence-electron chi connectivity index (χ3n) is 10.3. The van der Waals surface area contributed by atoms with Crippen LogP contribution in [0.2, 0.25) is 0 Å². The van der Waals surface area contributed by atoms with Crippen molar-refractivity contribution >= 4 is 97.0 Å². The molecule has 11 aromatic rings. The van der Waals surface area contributed by atoms with Crippen LogP contribution in [-0.4, -0.2) is 0 Å². The van der Waals surface area contributed by atoms with Gasteiger partial charge < -0.3 is 0 Å². The van der Waals surface area contributed by atoms with Gasteiger partial charge in [0, 0.05) is 0 Å². The van der Waals surface area contributed by atoms with Crippen LogP contribution in [0.1, 0.15) is 0 Å². The van der Waals surface area contributed by atoms with E-state index in [4.69, 9.17) is 0 Å². The summed E-state index contributed by atoms with van der Waals surface area (Å²) >= 11 is 0. The Kier molecular flexibility index (Phi) is 4.15. The molecule has 0 aliphatic heterocycles. The largest absolute Gasteiger partial charge is 0.0616 e. The molecule has 0 unspecified atom stereocenters. The van der Waals surface area contributed by atoms with Crippen LogP contribution < -0.4 is 0 Å². The second-order valence-corrected chi connectivity index (χ2v) is 12.3. The zero-order chi connectivity index (χ0) is 28.5. The lowest BCUT2D eigenvalue weighted by atomic mass is 9.87. The van der Waals surface area contributed by atoms with E-state index >= 15 is 0 Å². The zero-order valence-corrected chi connectivity index (χ0v) is 23.9. The van der Waals surface area contributed by atoms with Crippen LogP contribution in [0, 0.1) is 0 Å². The highest BCUT2D eigenvalue weighted by Crippen LogP contribution is 2.53. The van der Waals surface area contributed by atoms with E-state index in [2.05, 4.69) is 146 Å². The summed E-state index contributed by atoms with van der Waals surface area (Å²) < 4.78 is 0. The highest BCUT2D eigenvalue weighted by atomic mass is 14.3. The highest BCUT2D eigenvalue weighted by Gasteiger charge is 2.24. The van der Waals surface area contributed by atoms with Gasteiger partial charge in [-0.3, -0.25) is 0 Å². The van der Waals surface area contributed by atoms with Gasteiger partial charge in [0.05, 0.1) is 0 Å². The molecule has 200 valence electrons. The molecule has 0 amide bonds. The summed E-state index contributed by atoms with van der Waals surface area (Å²) in [5.74, 6) is 0. The van der Waals surface area contributed by atoms with Crippen LogP contribution in [-0.2, 0) is 0 Å². The highest BCUT2D eigenvalue weighted by molar-refractivity contribution is 6.49. The fourth-order valence-electron chi connectivity index (χ4n) is 8.60. The Labute approximate surface area is 253 Å². The molecule has 0 saturated heterocycles. The minimum Gasteiger partial charge on any atom is -0.0616 e. The van der Waals surface area contributed by atoms with Crippen molar-refractivity contribution in [3.05, 3.63) is 146 Å². The molecule has 0 N–H and O–H groups in total. The van der Waals surface area contributed by atoms with Gasteiger partial charge in [0.25, 0.3) is 0 Å². The first kappa shape index (κ1) is 22.8. The second-order valence-electron chi connectivity index (χ2n) is 12.3. The molecule has 0 spiro atoms. The molecule has 0 aliphatic carbocycles. The summed E-state index contributed by atoms with van der Waals surface area (Å²) in [6, 6.07) is 54.5. The van der Waals surface area contributed by atoms with Crippen LogP contribution in [0.3, 0.4) is 0 Å². The molecular weight excluding hydrogens is 528 g/mol. The van der Waals surface area contributed by atoms with Crippen molar-refractivity contribution in [3.8, 4) is 11.1 Å². The Morgan fingerprint density at radius 2 is 0.614 bits per heavy atom. The summed E-state index contributed by atoms with van der Waals surface area (Å²) in [6.45, 7) is 0. The van der Waals surface area contributed by atoms with Crippen LogP contribution >= 0.6 is 0 Å². The van der Waals surface area contributed by atoms with E-state index in [0.717, 1.165) is 0 Å². The molecule has 11 aromatic carbocycles. The first-order valence-electron chi connectivity index (χ1n) is 15.5. The van der Waals surface area contributed by atoms with Crippen LogP contribution in [0.4, 0.5) is 0 Å². The predicted octanol–water partition coefficient (Wildman–Crippen LogP) is 12.6. The van der Waals surface area contributed by atoms with Crippen molar-refractivity contribution in [2.24, 2.45) is 0 Å². The van der Waals surface area contributed by atoms with E-state index < -0.39 is 0 Å². The van der Waals surface area contributed by atoms with Crippen molar-refractivity contribution in [1.29, 1.82) is 0 Å². The van der Waals surface area contributed by atoms with Crippen molar-refractivity contribution in [2.45, 2.75) is 0 Å². The third-order valence-corrected chi connectivity index (χ3v) is 10.3. The zero-order valence-electron chi connectivity index (χ0n) is 23.9. The first-order valence-corrected chi connectivity index (χ1v) is 15.5. The van der Waals surface area contributed by atoms with Crippen LogP contribution in [0.25, 0.3) is 108 Å². The number of hydrogen-bond acceptors (Lipinski definition) is 0. The molecule has 0 fully saturated rings. The Hall–Kier alpha value is -5.72. The minimum atomic E-state index is 1.28. The fraction of sp³-hybridized carbons (Fsp3) is 0. The quantitative estimate of drug-likeness (QED) is 0.140. The molecule has 0 saturated carbocycles. The molecule has 0 bridgehead atoms. The lowest BCUT2D eigenvalue weighted by Gasteiger charge is -2.15. The molecule has 11 rings (SSSR count). The standard InChI is InChI=1S/C44H24/c1-2-10-26-25(9-1)19-20-32-27-15-7-16-28(33(27)22-21-31(26)32)37-23-24-38-30-12-3-5-13-34(30)40-39-18-8-17-35-29-11-4-6-14-36(29)42(41(35)39)44(37)43(38)40/h1-24H. The molecular formula is C44H24. The molecule has 0 aliphatic rings. The van der Waals surface area contributed by atoms with Gasteiger partial charge in [-0.1, -0.05) is 146 Å². The van der Waals surface area contributed by atoms with E-state index in [1.54, 1.807) is 0 Å². The second kappa shape index (κ2) is 8.01.